The van der Waals surface area contributed by atoms with Gasteiger partial charge in [0.05, 0.1) is 25.1 Å². The van der Waals surface area contributed by atoms with Crippen molar-refractivity contribution >= 4 is 71.3 Å². The Kier molecular flexibility index (Phi) is 3.47. The molecular weight excluding hydrogens is 260 g/mol. The molecule has 1 rings (SSSR count). The zero-order valence-electron chi connectivity index (χ0n) is 5.89. The monoisotopic (exact) mass is 260 g/mol. The van der Waals surface area contributed by atoms with Crippen LogP contribution in [0, 0.1) is 0 Å². The van der Waals surface area contributed by atoms with Crippen molar-refractivity contribution < 1.29 is 0 Å². The SMILES string of the molecule is Bc1c(Cl)c(Cl)c(Cl)c(Cl)c1Cl. The van der Waals surface area contributed by atoms with Crippen molar-refractivity contribution in [1.82, 2.24) is 0 Å². The molecule has 0 amide bonds. The third-order valence-electron chi connectivity index (χ3n) is 1.43. The highest BCUT2D eigenvalue weighted by Crippen LogP contribution is 2.38. The highest BCUT2D eigenvalue weighted by Gasteiger charge is 2.15. The van der Waals surface area contributed by atoms with Crippen LogP contribution in [0.5, 0.6) is 0 Å². The normalized spacial score (nSPS) is 10.4. The minimum Gasteiger partial charge on any atom is -0.0832 e. The predicted molar refractivity (Wildman–Crippen MR) is 59.7 cm³/mol. The van der Waals surface area contributed by atoms with E-state index in [-0.39, 0.29) is 15.1 Å². The van der Waals surface area contributed by atoms with Crippen molar-refractivity contribution in [2.24, 2.45) is 0 Å². The first-order valence-corrected chi connectivity index (χ1v) is 4.83. The van der Waals surface area contributed by atoms with Crippen LogP contribution in [-0.2, 0) is 0 Å². The Morgan fingerprint density at radius 3 is 1.17 bits per heavy atom. The lowest BCUT2D eigenvalue weighted by Crippen LogP contribution is -2.07. The maximum atomic E-state index is 5.80. The van der Waals surface area contributed by atoms with Gasteiger partial charge in [-0.25, -0.2) is 0 Å². The van der Waals surface area contributed by atoms with Gasteiger partial charge in [0.25, 0.3) is 0 Å². The molecule has 1 aromatic rings. The minimum absolute atomic E-state index is 0.193. The molecule has 0 heterocycles. The average Bonchev–Trinajstić information content (AvgIpc) is 2.08. The highest BCUT2D eigenvalue weighted by atomic mass is 35.5. The zero-order valence-corrected chi connectivity index (χ0v) is 9.67. The Morgan fingerprint density at radius 2 is 0.833 bits per heavy atom. The molecule has 0 saturated carbocycles. The fraction of sp³-hybridized carbons (Fsp3) is 0. The van der Waals surface area contributed by atoms with Gasteiger partial charge in [-0.15, -0.1) is 0 Å². The Balaban J connectivity index is 3.60. The molecule has 1 aromatic carbocycles. The van der Waals surface area contributed by atoms with Crippen LogP contribution >= 0.6 is 58.0 Å². The van der Waals surface area contributed by atoms with E-state index in [1.54, 1.807) is 7.85 Å². The summed E-state index contributed by atoms with van der Waals surface area (Å²) in [6, 6.07) is 0. The van der Waals surface area contributed by atoms with E-state index in [1.165, 1.54) is 0 Å². The van der Waals surface area contributed by atoms with Crippen molar-refractivity contribution in [2.75, 3.05) is 0 Å². The van der Waals surface area contributed by atoms with E-state index in [9.17, 15) is 0 Å². The van der Waals surface area contributed by atoms with Gasteiger partial charge in [0, 0.05) is 0 Å². The van der Waals surface area contributed by atoms with Crippen LogP contribution in [0.1, 0.15) is 0 Å². The molecule has 0 aliphatic rings. The molecule has 0 nitrogen and oxygen atoms in total. The van der Waals surface area contributed by atoms with Gasteiger partial charge in [-0.2, -0.15) is 0 Å². The van der Waals surface area contributed by atoms with E-state index in [2.05, 4.69) is 0 Å². The molecule has 0 fully saturated rings. The van der Waals surface area contributed by atoms with Crippen LogP contribution < -0.4 is 5.46 Å². The van der Waals surface area contributed by atoms with Gasteiger partial charge >= 0.3 is 0 Å². The largest absolute Gasteiger partial charge is 0.143 e. The van der Waals surface area contributed by atoms with Crippen LogP contribution in [0.3, 0.4) is 0 Å². The van der Waals surface area contributed by atoms with E-state index in [0.29, 0.717) is 15.5 Å². The first kappa shape index (κ1) is 10.8. The van der Waals surface area contributed by atoms with E-state index in [4.69, 9.17) is 58.0 Å². The van der Waals surface area contributed by atoms with Gasteiger partial charge in [-0.1, -0.05) is 58.0 Å². The van der Waals surface area contributed by atoms with Crippen LogP contribution in [0.4, 0.5) is 0 Å². The maximum Gasteiger partial charge on any atom is 0.143 e. The predicted octanol–water partition coefficient (Wildman–Crippen LogP) is 3.21. The first-order chi connectivity index (χ1) is 5.46. The molecule has 0 atom stereocenters. The molecule has 0 unspecified atom stereocenters. The fourth-order valence-electron chi connectivity index (χ4n) is 0.715. The molecule has 0 aliphatic carbocycles. The zero-order chi connectivity index (χ0) is 9.46. The second-order valence-electron chi connectivity index (χ2n) is 2.19. The molecule has 0 radical (unpaired) electrons. The maximum absolute atomic E-state index is 5.80. The van der Waals surface area contributed by atoms with Crippen molar-refractivity contribution in [3.05, 3.63) is 25.1 Å². The lowest BCUT2D eigenvalue weighted by atomic mass is 9.96. The molecule has 0 N–H and O–H groups in total. The number of hydrogen-bond acceptors (Lipinski definition) is 0. The lowest BCUT2D eigenvalue weighted by Gasteiger charge is -2.08. The third kappa shape index (κ3) is 1.66. The van der Waals surface area contributed by atoms with E-state index in [0.717, 1.165) is 0 Å². The van der Waals surface area contributed by atoms with Crippen LogP contribution in [0.25, 0.3) is 0 Å². The standard InChI is InChI=1S/C6H2BCl5/c7-1-2(8)4(10)6(12)5(11)3(1)9/h7H2. The summed E-state index contributed by atoms with van der Waals surface area (Å²) in [7, 11) is 1.72. The molecule has 64 valence electrons. The Bertz CT molecular complexity index is 230. The van der Waals surface area contributed by atoms with Gasteiger partial charge in [-0.05, 0) is 5.46 Å². The quantitative estimate of drug-likeness (QED) is 0.382. The number of rotatable bonds is 0. The summed E-state index contributed by atoms with van der Waals surface area (Å²) in [5, 5.41) is 1.36. The topological polar surface area (TPSA) is 0 Å². The van der Waals surface area contributed by atoms with Crippen LogP contribution in [0.15, 0.2) is 0 Å². The number of benzene rings is 1. The van der Waals surface area contributed by atoms with E-state index >= 15 is 0 Å². The first-order valence-electron chi connectivity index (χ1n) is 2.94. The lowest BCUT2D eigenvalue weighted by molar-refractivity contribution is 1.75. The molecule has 0 saturated heterocycles. The molecule has 0 aliphatic heterocycles. The summed E-state index contributed by atoms with van der Waals surface area (Å²) in [6.45, 7) is 0. The molecule has 0 aromatic heterocycles. The summed E-state index contributed by atoms with van der Waals surface area (Å²) in [6.07, 6.45) is 0. The van der Waals surface area contributed by atoms with Gasteiger partial charge in [0.2, 0.25) is 0 Å². The molecular formula is C6H2BCl5. The fourth-order valence-corrected chi connectivity index (χ4v) is 1.95. The van der Waals surface area contributed by atoms with Gasteiger partial charge in [-0.3, -0.25) is 0 Å². The second-order valence-corrected chi connectivity index (χ2v) is 4.08. The molecule has 6 heteroatoms. The van der Waals surface area contributed by atoms with Crippen molar-refractivity contribution in [3.63, 3.8) is 0 Å². The van der Waals surface area contributed by atoms with Crippen LogP contribution in [-0.4, -0.2) is 7.85 Å². The summed E-state index contributed by atoms with van der Waals surface area (Å²) in [5.74, 6) is 0. The molecule has 12 heavy (non-hydrogen) atoms. The summed E-state index contributed by atoms with van der Waals surface area (Å²) in [4.78, 5) is 0. The summed E-state index contributed by atoms with van der Waals surface area (Å²) < 4.78 is 0. The number of hydrogen-bond donors (Lipinski definition) is 0. The molecule has 0 bridgehead atoms. The van der Waals surface area contributed by atoms with Gasteiger partial charge in [0.1, 0.15) is 7.85 Å². The summed E-state index contributed by atoms with van der Waals surface area (Å²) >= 11 is 28.8. The highest BCUT2D eigenvalue weighted by molar-refractivity contribution is 6.61. The molecule has 0 spiro atoms. The third-order valence-corrected chi connectivity index (χ3v) is 3.90. The van der Waals surface area contributed by atoms with Gasteiger partial charge in [0.15, 0.2) is 0 Å². The average molecular weight is 262 g/mol. The Hall–Kier alpha value is 0.735. The van der Waals surface area contributed by atoms with Crippen molar-refractivity contribution in [2.45, 2.75) is 0 Å². The van der Waals surface area contributed by atoms with E-state index < -0.39 is 0 Å². The van der Waals surface area contributed by atoms with Crippen molar-refractivity contribution in [1.29, 1.82) is 0 Å². The van der Waals surface area contributed by atoms with Crippen LogP contribution in [0.2, 0.25) is 25.1 Å². The minimum atomic E-state index is 0.193. The summed E-state index contributed by atoms with van der Waals surface area (Å²) in [5.41, 5.74) is 0.637. The Morgan fingerprint density at radius 1 is 0.583 bits per heavy atom. The second kappa shape index (κ2) is 3.85. The van der Waals surface area contributed by atoms with Crippen molar-refractivity contribution in [3.8, 4) is 0 Å². The van der Waals surface area contributed by atoms with E-state index in [1.807, 2.05) is 0 Å². The Labute approximate surface area is 96.1 Å². The smallest absolute Gasteiger partial charge is 0.0832 e. The van der Waals surface area contributed by atoms with Gasteiger partial charge < -0.3 is 0 Å². The number of halogens is 5.